The van der Waals surface area contributed by atoms with Crippen LogP contribution in [-0.2, 0) is 6.54 Å². The molecule has 2 N–H and O–H groups in total. The number of H-pyrrole nitrogens is 1. The minimum absolute atomic E-state index is 0.0545. The molecule has 0 amide bonds. The summed E-state index contributed by atoms with van der Waals surface area (Å²) in [4.78, 5) is 36.0. The molecule has 0 fully saturated rings. The Hall–Kier alpha value is -4.17. The lowest BCUT2D eigenvalue weighted by atomic mass is 10.1. The number of ether oxygens (including phenoxy) is 1. The number of pyridine rings is 1. The zero-order valence-electron chi connectivity index (χ0n) is 19.1. The zero-order valence-corrected chi connectivity index (χ0v) is 19.9. The SMILES string of the molecule is CC(C)c1c[nH]/c(=N\c2ccc(Oc3ccc(C(=O)O)cn3)cc2)n(Cc2ccc(Cl)cc2)c1=O. The van der Waals surface area contributed by atoms with Gasteiger partial charge in [-0.15, -0.1) is 0 Å². The number of nitrogens with zero attached hydrogens (tertiary/aromatic N) is 3. The van der Waals surface area contributed by atoms with Gasteiger partial charge in [-0.3, -0.25) is 9.36 Å². The van der Waals surface area contributed by atoms with Crippen LogP contribution >= 0.6 is 11.6 Å². The quantitative estimate of drug-likeness (QED) is 0.373. The van der Waals surface area contributed by atoms with E-state index < -0.39 is 5.97 Å². The Morgan fingerprint density at radius 2 is 1.83 bits per heavy atom. The summed E-state index contributed by atoms with van der Waals surface area (Å²) in [5, 5.41) is 9.60. The van der Waals surface area contributed by atoms with E-state index in [1.54, 1.807) is 47.2 Å². The van der Waals surface area contributed by atoms with Crippen LogP contribution in [0.5, 0.6) is 11.6 Å². The molecular weight excluding hydrogens is 468 g/mol. The molecule has 8 nitrogen and oxygen atoms in total. The van der Waals surface area contributed by atoms with Crippen LogP contribution in [0.4, 0.5) is 5.69 Å². The maximum atomic E-state index is 13.2. The molecule has 0 aliphatic carbocycles. The Morgan fingerprint density at radius 1 is 1.11 bits per heavy atom. The van der Waals surface area contributed by atoms with Gasteiger partial charge in [0.2, 0.25) is 11.5 Å². The van der Waals surface area contributed by atoms with Crippen molar-refractivity contribution < 1.29 is 14.6 Å². The summed E-state index contributed by atoms with van der Waals surface area (Å²) in [5.41, 5.74) is 2.59. The third kappa shape index (κ3) is 5.85. The Balaban J connectivity index is 1.63. The lowest BCUT2D eigenvalue weighted by molar-refractivity contribution is 0.0696. The molecule has 0 aliphatic heterocycles. The number of aromatic amines is 1. The average Bonchev–Trinajstić information content (AvgIpc) is 2.84. The minimum Gasteiger partial charge on any atom is -0.478 e. The maximum Gasteiger partial charge on any atom is 0.337 e. The number of carboxylic acids is 1. The van der Waals surface area contributed by atoms with Gasteiger partial charge in [-0.2, -0.15) is 0 Å². The molecule has 4 aromatic rings. The first-order valence-corrected chi connectivity index (χ1v) is 11.3. The average molecular weight is 491 g/mol. The number of carbonyl (C=O) groups is 1. The molecule has 0 radical (unpaired) electrons. The van der Waals surface area contributed by atoms with Gasteiger partial charge < -0.3 is 14.8 Å². The van der Waals surface area contributed by atoms with Gasteiger partial charge >= 0.3 is 5.97 Å². The van der Waals surface area contributed by atoms with E-state index in [4.69, 9.17) is 21.4 Å². The van der Waals surface area contributed by atoms with Crippen molar-refractivity contribution in [2.24, 2.45) is 4.99 Å². The molecule has 178 valence electrons. The highest BCUT2D eigenvalue weighted by molar-refractivity contribution is 6.30. The highest BCUT2D eigenvalue weighted by atomic mass is 35.5. The Morgan fingerprint density at radius 3 is 2.43 bits per heavy atom. The van der Waals surface area contributed by atoms with E-state index >= 15 is 0 Å². The summed E-state index contributed by atoms with van der Waals surface area (Å²) >= 11 is 6.00. The van der Waals surface area contributed by atoms with Gasteiger partial charge in [-0.1, -0.05) is 37.6 Å². The molecule has 4 rings (SSSR count). The number of rotatable bonds is 7. The molecule has 0 aliphatic rings. The molecule has 0 spiro atoms. The number of aromatic nitrogens is 3. The fraction of sp³-hybridized carbons (Fsp3) is 0.154. The molecule has 9 heteroatoms. The van der Waals surface area contributed by atoms with Crippen molar-refractivity contribution in [1.29, 1.82) is 0 Å². The van der Waals surface area contributed by atoms with Crippen molar-refractivity contribution in [3.05, 3.63) is 111 Å². The van der Waals surface area contributed by atoms with Gasteiger partial charge in [-0.25, -0.2) is 14.8 Å². The van der Waals surface area contributed by atoms with E-state index in [1.807, 2.05) is 26.0 Å². The number of hydrogen-bond acceptors (Lipinski definition) is 5. The van der Waals surface area contributed by atoms with Crippen molar-refractivity contribution in [1.82, 2.24) is 14.5 Å². The van der Waals surface area contributed by atoms with Crippen LogP contribution < -0.4 is 15.9 Å². The molecule has 0 saturated carbocycles. The first-order chi connectivity index (χ1) is 16.8. The van der Waals surface area contributed by atoms with Crippen LogP contribution in [0.2, 0.25) is 5.02 Å². The summed E-state index contributed by atoms with van der Waals surface area (Å²) in [6.07, 6.45) is 2.94. The number of nitrogens with one attached hydrogen (secondary N) is 1. The van der Waals surface area contributed by atoms with E-state index in [-0.39, 0.29) is 22.9 Å². The Kier molecular flexibility index (Phi) is 7.12. The third-order valence-corrected chi connectivity index (χ3v) is 5.51. The van der Waals surface area contributed by atoms with Gasteiger partial charge in [0.15, 0.2) is 0 Å². The van der Waals surface area contributed by atoms with Gasteiger partial charge in [0, 0.05) is 29.0 Å². The second-order valence-corrected chi connectivity index (χ2v) is 8.57. The largest absolute Gasteiger partial charge is 0.478 e. The number of halogens is 1. The second-order valence-electron chi connectivity index (χ2n) is 8.14. The fourth-order valence-electron chi connectivity index (χ4n) is 3.36. The smallest absolute Gasteiger partial charge is 0.337 e. The molecular formula is C26H23ClN4O4. The summed E-state index contributed by atoms with van der Waals surface area (Å²) in [7, 11) is 0. The number of carboxylic acid groups (broad SMARTS) is 1. The van der Waals surface area contributed by atoms with Crippen LogP contribution in [0.15, 0.2) is 82.8 Å². The predicted molar refractivity (Wildman–Crippen MR) is 133 cm³/mol. The molecule has 35 heavy (non-hydrogen) atoms. The molecule has 2 heterocycles. The van der Waals surface area contributed by atoms with Crippen molar-refractivity contribution >= 4 is 23.3 Å². The van der Waals surface area contributed by atoms with Crippen LogP contribution in [0, 0.1) is 0 Å². The standard InChI is InChI=1S/C26H23ClN4O4/c1-16(2)22-14-29-26(31(24(22)32)15-17-3-6-19(27)7-4-17)30-20-8-10-21(11-9-20)35-23-12-5-18(13-28-23)25(33)34/h3-14,16H,15H2,1-2H3,(H,29,30)(H,33,34). The van der Waals surface area contributed by atoms with E-state index in [0.717, 1.165) is 5.56 Å². The van der Waals surface area contributed by atoms with Crippen LogP contribution in [0.1, 0.15) is 41.3 Å². The highest BCUT2D eigenvalue weighted by Gasteiger charge is 2.11. The van der Waals surface area contributed by atoms with Crippen molar-refractivity contribution in [2.75, 3.05) is 0 Å². The van der Waals surface area contributed by atoms with E-state index in [0.29, 0.717) is 34.2 Å². The van der Waals surface area contributed by atoms with E-state index in [2.05, 4.69) is 15.0 Å². The number of benzene rings is 2. The van der Waals surface area contributed by atoms with E-state index in [9.17, 15) is 9.59 Å². The van der Waals surface area contributed by atoms with Gasteiger partial charge in [0.25, 0.3) is 5.56 Å². The molecule has 0 atom stereocenters. The zero-order chi connectivity index (χ0) is 24.9. The van der Waals surface area contributed by atoms with Gasteiger partial charge in [-0.05, 0) is 53.9 Å². The number of hydrogen-bond donors (Lipinski definition) is 2. The van der Waals surface area contributed by atoms with Gasteiger partial charge in [0.1, 0.15) is 5.75 Å². The summed E-state index contributed by atoms with van der Waals surface area (Å²) < 4.78 is 7.28. The summed E-state index contributed by atoms with van der Waals surface area (Å²) in [6.45, 7) is 4.28. The molecule has 2 aromatic heterocycles. The monoisotopic (exact) mass is 490 g/mol. The normalized spacial score (nSPS) is 11.6. The molecule has 0 unspecified atom stereocenters. The predicted octanol–water partition coefficient (Wildman–Crippen LogP) is 5.12. The van der Waals surface area contributed by atoms with Crippen molar-refractivity contribution in [3.8, 4) is 11.6 Å². The number of aromatic carboxylic acids is 1. The first-order valence-electron chi connectivity index (χ1n) is 10.9. The summed E-state index contributed by atoms with van der Waals surface area (Å²) in [6, 6.07) is 17.2. The Bertz CT molecular complexity index is 1460. The van der Waals surface area contributed by atoms with Crippen molar-refractivity contribution in [2.45, 2.75) is 26.3 Å². The molecule has 2 aromatic carbocycles. The highest BCUT2D eigenvalue weighted by Crippen LogP contribution is 2.22. The van der Waals surface area contributed by atoms with Crippen molar-refractivity contribution in [3.63, 3.8) is 0 Å². The fourth-order valence-corrected chi connectivity index (χ4v) is 3.48. The molecule has 0 bridgehead atoms. The van der Waals surface area contributed by atoms with Crippen LogP contribution in [0.25, 0.3) is 0 Å². The lowest BCUT2D eigenvalue weighted by Gasteiger charge is -2.12. The van der Waals surface area contributed by atoms with Crippen LogP contribution in [0.3, 0.4) is 0 Å². The summed E-state index contributed by atoms with van der Waals surface area (Å²) in [5.74, 6) is -0.215. The molecule has 0 saturated heterocycles. The Labute approximate surface area is 206 Å². The lowest BCUT2D eigenvalue weighted by Crippen LogP contribution is -2.38. The third-order valence-electron chi connectivity index (χ3n) is 5.26. The topological polar surface area (TPSA) is 110 Å². The maximum absolute atomic E-state index is 13.2. The second kappa shape index (κ2) is 10.4. The minimum atomic E-state index is -1.05. The van der Waals surface area contributed by atoms with Crippen LogP contribution in [-0.4, -0.2) is 25.6 Å². The van der Waals surface area contributed by atoms with Gasteiger partial charge in [0.05, 0.1) is 17.8 Å². The van der Waals surface area contributed by atoms with E-state index in [1.165, 1.54) is 18.3 Å². The first kappa shape index (κ1) is 24.0.